The number of benzene rings is 1. The van der Waals surface area contributed by atoms with Crippen LogP contribution in [0.25, 0.3) is 0 Å². The Hall–Kier alpha value is -1.28. The zero-order valence-electron chi connectivity index (χ0n) is 8.53. The number of nitrogens with two attached hydrogens (primary N) is 1. The third kappa shape index (κ3) is 2.89. The predicted octanol–water partition coefficient (Wildman–Crippen LogP) is 2.66. The number of aliphatic hydroxyl groups excluding tert-OH is 1. The SMILES string of the molecule is C=C(CC)CC(O)c1cccc(N)c1. The second-order valence-electron chi connectivity index (χ2n) is 3.49. The van der Waals surface area contributed by atoms with Crippen LogP contribution >= 0.6 is 0 Å². The van der Waals surface area contributed by atoms with Crippen molar-refractivity contribution in [3.05, 3.63) is 42.0 Å². The van der Waals surface area contributed by atoms with Gasteiger partial charge in [0, 0.05) is 5.69 Å². The lowest BCUT2D eigenvalue weighted by atomic mass is 10.0. The van der Waals surface area contributed by atoms with Crippen LogP contribution in [-0.4, -0.2) is 5.11 Å². The number of hydrogen-bond acceptors (Lipinski definition) is 2. The van der Waals surface area contributed by atoms with Crippen LogP contribution in [-0.2, 0) is 0 Å². The number of anilines is 1. The van der Waals surface area contributed by atoms with E-state index in [0.717, 1.165) is 17.6 Å². The molecule has 1 unspecified atom stereocenters. The molecule has 0 spiro atoms. The molecule has 0 amide bonds. The highest BCUT2D eigenvalue weighted by Gasteiger charge is 2.08. The van der Waals surface area contributed by atoms with Crippen molar-refractivity contribution < 1.29 is 5.11 Å². The molecule has 0 aliphatic carbocycles. The smallest absolute Gasteiger partial charge is 0.0827 e. The average molecular weight is 191 g/mol. The third-order valence-corrected chi connectivity index (χ3v) is 2.28. The van der Waals surface area contributed by atoms with Gasteiger partial charge in [0.1, 0.15) is 0 Å². The van der Waals surface area contributed by atoms with E-state index in [1.807, 2.05) is 25.1 Å². The first kappa shape index (κ1) is 10.8. The number of aliphatic hydroxyl groups is 1. The molecule has 0 fully saturated rings. The molecule has 0 aliphatic heterocycles. The standard InChI is InChI=1S/C12H17NO/c1-3-9(2)7-12(14)10-5-4-6-11(13)8-10/h4-6,8,12,14H,2-3,7,13H2,1H3. The Morgan fingerprint density at radius 2 is 2.29 bits per heavy atom. The summed E-state index contributed by atoms with van der Waals surface area (Å²) in [6.45, 7) is 5.91. The highest BCUT2D eigenvalue weighted by molar-refractivity contribution is 5.41. The van der Waals surface area contributed by atoms with Gasteiger partial charge in [0.25, 0.3) is 0 Å². The Bertz CT molecular complexity index is 320. The van der Waals surface area contributed by atoms with Gasteiger partial charge in [-0.3, -0.25) is 0 Å². The van der Waals surface area contributed by atoms with Gasteiger partial charge in [0.05, 0.1) is 6.10 Å². The maximum Gasteiger partial charge on any atom is 0.0827 e. The molecule has 0 heterocycles. The summed E-state index contributed by atoms with van der Waals surface area (Å²) in [5.74, 6) is 0. The fraction of sp³-hybridized carbons (Fsp3) is 0.333. The number of nitrogen functional groups attached to an aromatic ring is 1. The molecule has 1 atom stereocenters. The minimum absolute atomic E-state index is 0.481. The second-order valence-corrected chi connectivity index (χ2v) is 3.49. The number of rotatable bonds is 4. The lowest BCUT2D eigenvalue weighted by Crippen LogP contribution is -1.99. The van der Waals surface area contributed by atoms with E-state index in [9.17, 15) is 5.11 Å². The van der Waals surface area contributed by atoms with Gasteiger partial charge in [-0.1, -0.05) is 31.2 Å². The van der Waals surface area contributed by atoms with Crippen LogP contribution in [0.15, 0.2) is 36.4 Å². The summed E-state index contributed by atoms with van der Waals surface area (Å²) in [5.41, 5.74) is 8.23. The van der Waals surface area contributed by atoms with Gasteiger partial charge in [0.15, 0.2) is 0 Å². The maximum absolute atomic E-state index is 9.83. The molecule has 0 bridgehead atoms. The van der Waals surface area contributed by atoms with Gasteiger partial charge < -0.3 is 10.8 Å². The highest BCUT2D eigenvalue weighted by atomic mass is 16.3. The maximum atomic E-state index is 9.83. The van der Waals surface area contributed by atoms with Crippen molar-refractivity contribution in [2.24, 2.45) is 0 Å². The second kappa shape index (κ2) is 4.82. The van der Waals surface area contributed by atoms with Crippen molar-refractivity contribution in [3.8, 4) is 0 Å². The van der Waals surface area contributed by atoms with E-state index in [2.05, 4.69) is 6.58 Å². The summed E-state index contributed by atoms with van der Waals surface area (Å²) in [4.78, 5) is 0. The van der Waals surface area contributed by atoms with E-state index in [4.69, 9.17) is 5.73 Å². The first-order valence-corrected chi connectivity index (χ1v) is 4.83. The summed E-state index contributed by atoms with van der Waals surface area (Å²) in [6.07, 6.45) is 1.03. The third-order valence-electron chi connectivity index (χ3n) is 2.28. The minimum Gasteiger partial charge on any atom is -0.399 e. The van der Waals surface area contributed by atoms with E-state index in [0.29, 0.717) is 12.1 Å². The Morgan fingerprint density at radius 3 is 2.86 bits per heavy atom. The van der Waals surface area contributed by atoms with E-state index in [1.165, 1.54) is 0 Å². The molecule has 0 radical (unpaired) electrons. The molecule has 0 saturated heterocycles. The van der Waals surface area contributed by atoms with Crippen LogP contribution in [0.3, 0.4) is 0 Å². The molecular weight excluding hydrogens is 174 g/mol. The molecule has 14 heavy (non-hydrogen) atoms. The first-order valence-electron chi connectivity index (χ1n) is 4.83. The molecule has 1 rings (SSSR count). The Balaban J connectivity index is 2.69. The van der Waals surface area contributed by atoms with Gasteiger partial charge in [-0.15, -0.1) is 0 Å². The van der Waals surface area contributed by atoms with Gasteiger partial charge in [-0.05, 0) is 30.5 Å². The fourth-order valence-electron chi connectivity index (χ4n) is 1.30. The van der Waals surface area contributed by atoms with Gasteiger partial charge in [-0.2, -0.15) is 0 Å². The Labute approximate surface area is 85.1 Å². The average Bonchev–Trinajstić information content (AvgIpc) is 2.17. The Morgan fingerprint density at radius 1 is 1.57 bits per heavy atom. The zero-order valence-corrected chi connectivity index (χ0v) is 8.53. The van der Waals surface area contributed by atoms with Gasteiger partial charge in [0.2, 0.25) is 0 Å². The molecule has 2 heteroatoms. The summed E-state index contributed by atoms with van der Waals surface area (Å²) < 4.78 is 0. The topological polar surface area (TPSA) is 46.2 Å². The largest absolute Gasteiger partial charge is 0.399 e. The van der Waals surface area contributed by atoms with Crippen molar-refractivity contribution in [2.45, 2.75) is 25.9 Å². The van der Waals surface area contributed by atoms with E-state index >= 15 is 0 Å². The van der Waals surface area contributed by atoms with E-state index in [1.54, 1.807) is 6.07 Å². The highest BCUT2D eigenvalue weighted by Crippen LogP contribution is 2.22. The molecule has 3 N–H and O–H groups in total. The fourth-order valence-corrected chi connectivity index (χ4v) is 1.30. The Kier molecular flexibility index (Phi) is 3.72. The van der Waals surface area contributed by atoms with Gasteiger partial charge in [-0.25, -0.2) is 0 Å². The van der Waals surface area contributed by atoms with Crippen LogP contribution in [0, 0.1) is 0 Å². The van der Waals surface area contributed by atoms with Crippen molar-refractivity contribution >= 4 is 5.69 Å². The van der Waals surface area contributed by atoms with Crippen LogP contribution in [0.2, 0.25) is 0 Å². The van der Waals surface area contributed by atoms with Crippen molar-refractivity contribution in [3.63, 3.8) is 0 Å². The monoisotopic (exact) mass is 191 g/mol. The number of hydrogen-bond donors (Lipinski definition) is 2. The minimum atomic E-state index is -0.481. The van der Waals surface area contributed by atoms with Crippen molar-refractivity contribution in [1.82, 2.24) is 0 Å². The quantitative estimate of drug-likeness (QED) is 0.567. The lowest BCUT2D eigenvalue weighted by Gasteiger charge is -2.12. The molecule has 1 aromatic carbocycles. The molecule has 1 aromatic rings. The van der Waals surface area contributed by atoms with Crippen LogP contribution in [0.4, 0.5) is 5.69 Å². The zero-order chi connectivity index (χ0) is 10.6. The van der Waals surface area contributed by atoms with Crippen LogP contribution < -0.4 is 5.73 Å². The summed E-state index contributed by atoms with van der Waals surface area (Å²) in [6, 6.07) is 7.34. The normalized spacial score (nSPS) is 12.4. The van der Waals surface area contributed by atoms with Crippen LogP contribution in [0.1, 0.15) is 31.4 Å². The lowest BCUT2D eigenvalue weighted by molar-refractivity contribution is 0.177. The molecular formula is C12H17NO. The molecule has 0 saturated carbocycles. The molecule has 0 aliphatic rings. The van der Waals surface area contributed by atoms with E-state index < -0.39 is 6.10 Å². The molecule has 2 nitrogen and oxygen atoms in total. The van der Waals surface area contributed by atoms with Crippen LogP contribution in [0.5, 0.6) is 0 Å². The summed E-state index contributed by atoms with van der Waals surface area (Å²) in [7, 11) is 0. The first-order chi connectivity index (χ1) is 6.63. The molecule has 0 aromatic heterocycles. The summed E-state index contributed by atoms with van der Waals surface area (Å²) in [5, 5.41) is 9.83. The predicted molar refractivity (Wildman–Crippen MR) is 59.9 cm³/mol. The van der Waals surface area contributed by atoms with Crippen molar-refractivity contribution in [2.75, 3.05) is 5.73 Å². The van der Waals surface area contributed by atoms with E-state index in [-0.39, 0.29) is 0 Å². The van der Waals surface area contributed by atoms with Crippen molar-refractivity contribution in [1.29, 1.82) is 0 Å². The molecule has 76 valence electrons. The summed E-state index contributed by atoms with van der Waals surface area (Å²) >= 11 is 0. The van der Waals surface area contributed by atoms with Gasteiger partial charge >= 0.3 is 0 Å².